The molecule has 0 atom stereocenters. The van der Waals surface area contributed by atoms with Crippen molar-refractivity contribution < 1.29 is 9.15 Å². The average Bonchev–Trinajstić information content (AvgIpc) is 2.74. The molecule has 0 unspecified atom stereocenters. The van der Waals surface area contributed by atoms with Crippen LogP contribution in [0.2, 0.25) is 5.02 Å². The number of fused-ring (bicyclic) bond motifs is 1. The van der Waals surface area contributed by atoms with E-state index in [1.165, 1.54) is 0 Å². The number of rotatable bonds is 5. The summed E-state index contributed by atoms with van der Waals surface area (Å²) in [6.07, 6.45) is 0.837. The number of ether oxygens (including phenoxy) is 1. The van der Waals surface area contributed by atoms with E-state index in [0.717, 1.165) is 27.6 Å². The van der Waals surface area contributed by atoms with Crippen LogP contribution in [0, 0.1) is 0 Å². The normalized spacial score (nSPS) is 11.0. The smallest absolute Gasteiger partial charge is 0.235 e. The Kier molecular flexibility index (Phi) is 5.74. The van der Waals surface area contributed by atoms with Crippen LogP contribution in [0.3, 0.4) is 0 Å². The molecule has 29 heavy (non-hydrogen) atoms. The van der Waals surface area contributed by atoms with E-state index in [2.05, 4.69) is 22.9 Å². The third kappa shape index (κ3) is 4.24. The largest absolute Gasteiger partial charge is 0.481 e. The van der Waals surface area contributed by atoms with Gasteiger partial charge in [-0.25, -0.2) is 0 Å². The van der Waals surface area contributed by atoms with E-state index < -0.39 is 0 Å². The molecule has 0 saturated carbocycles. The van der Waals surface area contributed by atoms with Crippen molar-refractivity contribution in [1.29, 1.82) is 0 Å². The van der Waals surface area contributed by atoms with Gasteiger partial charge in [0, 0.05) is 15.1 Å². The molecule has 146 valence electrons. The molecule has 0 aliphatic rings. The van der Waals surface area contributed by atoms with Gasteiger partial charge in [0.1, 0.15) is 12.2 Å². The summed E-state index contributed by atoms with van der Waals surface area (Å²) >= 11 is 9.45. The van der Waals surface area contributed by atoms with Crippen LogP contribution >= 0.6 is 27.5 Å². The number of hydrogen-bond donors (Lipinski definition) is 0. The Hall–Kier alpha value is -2.56. The van der Waals surface area contributed by atoms with Gasteiger partial charge < -0.3 is 9.15 Å². The zero-order valence-corrected chi connectivity index (χ0v) is 18.1. The van der Waals surface area contributed by atoms with Crippen LogP contribution in [-0.2, 0) is 13.0 Å². The maximum absolute atomic E-state index is 13.3. The first kappa shape index (κ1) is 19.7. The highest BCUT2D eigenvalue weighted by atomic mass is 79.9. The van der Waals surface area contributed by atoms with Gasteiger partial charge in [-0.05, 0) is 66.1 Å². The SMILES string of the molecule is CCc1ccc2oc(-c3ccc(Cl)cc3)c(OCc3ccc(Br)cc3)c(=O)c2c1. The molecule has 3 aromatic carbocycles. The number of benzene rings is 3. The van der Waals surface area contributed by atoms with E-state index in [1.54, 1.807) is 12.1 Å². The second kappa shape index (κ2) is 8.44. The van der Waals surface area contributed by atoms with Crippen LogP contribution in [0.15, 0.2) is 80.4 Å². The average molecular weight is 470 g/mol. The van der Waals surface area contributed by atoms with E-state index in [1.807, 2.05) is 54.6 Å². The van der Waals surface area contributed by atoms with Gasteiger partial charge in [-0.1, -0.05) is 52.7 Å². The Morgan fingerprint density at radius 2 is 1.66 bits per heavy atom. The Labute approximate surface area is 182 Å². The minimum Gasteiger partial charge on any atom is -0.481 e. The molecule has 0 fully saturated rings. The van der Waals surface area contributed by atoms with Crippen molar-refractivity contribution >= 4 is 38.5 Å². The van der Waals surface area contributed by atoms with Gasteiger partial charge in [0.15, 0.2) is 5.76 Å². The summed E-state index contributed by atoms with van der Waals surface area (Å²) < 4.78 is 13.1. The molecule has 5 heteroatoms. The summed E-state index contributed by atoms with van der Waals surface area (Å²) in [4.78, 5) is 13.3. The Morgan fingerprint density at radius 1 is 0.966 bits per heavy atom. The maximum Gasteiger partial charge on any atom is 0.235 e. The van der Waals surface area contributed by atoms with Gasteiger partial charge in [0.05, 0.1) is 5.39 Å². The summed E-state index contributed by atoms with van der Waals surface area (Å²) in [5.74, 6) is 0.608. The van der Waals surface area contributed by atoms with Gasteiger partial charge >= 0.3 is 0 Å². The van der Waals surface area contributed by atoms with Crippen LogP contribution < -0.4 is 10.2 Å². The Balaban J connectivity index is 1.84. The van der Waals surface area contributed by atoms with Gasteiger partial charge in [0.2, 0.25) is 11.2 Å². The fourth-order valence-electron chi connectivity index (χ4n) is 3.10. The van der Waals surface area contributed by atoms with Crippen molar-refractivity contribution in [3.05, 3.63) is 97.6 Å². The molecule has 0 amide bonds. The second-order valence-electron chi connectivity index (χ2n) is 6.70. The molecule has 0 saturated heterocycles. The lowest BCUT2D eigenvalue weighted by Gasteiger charge is -2.12. The van der Waals surface area contributed by atoms with Crippen LogP contribution in [0.4, 0.5) is 0 Å². The van der Waals surface area contributed by atoms with E-state index in [-0.39, 0.29) is 17.8 Å². The van der Waals surface area contributed by atoms with Crippen LogP contribution in [0.1, 0.15) is 18.1 Å². The minimum absolute atomic E-state index is 0.177. The maximum atomic E-state index is 13.3. The molecule has 4 aromatic rings. The predicted octanol–water partition coefficient (Wildman–Crippen LogP) is 7.02. The van der Waals surface area contributed by atoms with Crippen molar-refractivity contribution in [2.24, 2.45) is 0 Å². The highest BCUT2D eigenvalue weighted by molar-refractivity contribution is 9.10. The third-order valence-corrected chi connectivity index (χ3v) is 5.50. The van der Waals surface area contributed by atoms with Crippen molar-refractivity contribution in [1.82, 2.24) is 0 Å². The molecule has 0 radical (unpaired) electrons. The molecular weight excluding hydrogens is 452 g/mol. The third-order valence-electron chi connectivity index (χ3n) is 4.72. The summed E-state index contributed by atoms with van der Waals surface area (Å²) in [6.45, 7) is 2.31. The topological polar surface area (TPSA) is 39.4 Å². The van der Waals surface area contributed by atoms with Crippen LogP contribution in [0.25, 0.3) is 22.3 Å². The van der Waals surface area contributed by atoms with Crippen molar-refractivity contribution in [3.8, 4) is 17.1 Å². The fraction of sp³-hybridized carbons (Fsp3) is 0.125. The van der Waals surface area contributed by atoms with Crippen molar-refractivity contribution in [2.75, 3.05) is 0 Å². The monoisotopic (exact) mass is 468 g/mol. The molecule has 1 aromatic heterocycles. The summed E-state index contributed by atoms with van der Waals surface area (Å²) in [5, 5.41) is 1.13. The highest BCUT2D eigenvalue weighted by Crippen LogP contribution is 2.32. The quantitative estimate of drug-likeness (QED) is 0.315. The van der Waals surface area contributed by atoms with E-state index in [4.69, 9.17) is 20.8 Å². The first-order valence-electron chi connectivity index (χ1n) is 9.28. The zero-order valence-electron chi connectivity index (χ0n) is 15.7. The summed E-state index contributed by atoms with van der Waals surface area (Å²) in [6, 6.07) is 20.6. The fourth-order valence-corrected chi connectivity index (χ4v) is 3.49. The Bertz CT molecular complexity index is 1210. The summed E-state index contributed by atoms with van der Waals surface area (Å²) in [5.41, 5.74) is 3.12. The molecule has 0 aliphatic carbocycles. The van der Waals surface area contributed by atoms with Crippen molar-refractivity contribution in [2.45, 2.75) is 20.0 Å². The molecule has 4 rings (SSSR count). The minimum atomic E-state index is -0.177. The lowest BCUT2D eigenvalue weighted by molar-refractivity contribution is 0.298. The van der Waals surface area contributed by atoms with Gasteiger partial charge in [0.25, 0.3) is 0 Å². The highest BCUT2D eigenvalue weighted by Gasteiger charge is 2.18. The number of hydrogen-bond acceptors (Lipinski definition) is 3. The summed E-state index contributed by atoms with van der Waals surface area (Å²) in [7, 11) is 0. The van der Waals surface area contributed by atoms with E-state index >= 15 is 0 Å². The van der Waals surface area contributed by atoms with Gasteiger partial charge in [-0.3, -0.25) is 4.79 Å². The molecule has 0 aliphatic heterocycles. The van der Waals surface area contributed by atoms with E-state index in [0.29, 0.717) is 21.8 Å². The van der Waals surface area contributed by atoms with Crippen LogP contribution in [-0.4, -0.2) is 0 Å². The van der Waals surface area contributed by atoms with E-state index in [9.17, 15) is 4.79 Å². The first-order valence-corrected chi connectivity index (χ1v) is 10.4. The number of aryl methyl sites for hydroxylation is 1. The first-order chi connectivity index (χ1) is 14.0. The van der Waals surface area contributed by atoms with Crippen molar-refractivity contribution in [3.63, 3.8) is 0 Å². The second-order valence-corrected chi connectivity index (χ2v) is 8.05. The van der Waals surface area contributed by atoms with Gasteiger partial charge in [-0.15, -0.1) is 0 Å². The molecule has 3 nitrogen and oxygen atoms in total. The molecule has 0 bridgehead atoms. The molecule has 1 heterocycles. The molecule has 0 N–H and O–H groups in total. The lowest BCUT2D eigenvalue weighted by atomic mass is 10.1. The Morgan fingerprint density at radius 3 is 2.34 bits per heavy atom. The molecular formula is C24H18BrClO3. The van der Waals surface area contributed by atoms with Gasteiger partial charge in [-0.2, -0.15) is 0 Å². The lowest BCUT2D eigenvalue weighted by Crippen LogP contribution is -2.10. The zero-order chi connectivity index (χ0) is 20.4. The predicted molar refractivity (Wildman–Crippen MR) is 121 cm³/mol. The number of halogens is 2. The van der Waals surface area contributed by atoms with Crippen LogP contribution in [0.5, 0.6) is 5.75 Å². The standard InChI is InChI=1S/C24H18BrClO3/c1-2-15-5-12-21-20(13-15)22(27)24(28-14-16-3-8-18(25)9-4-16)23(29-21)17-6-10-19(26)11-7-17/h3-13H,2,14H2,1H3. The molecule has 0 spiro atoms.